The summed E-state index contributed by atoms with van der Waals surface area (Å²) in [5.41, 5.74) is 2.13. The Labute approximate surface area is 149 Å². The van der Waals surface area contributed by atoms with Crippen LogP contribution >= 0.6 is 0 Å². The molecule has 1 amide bonds. The molecule has 0 aliphatic rings. The van der Waals surface area contributed by atoms with Crippen LogP contribution in [0.5, 0.6) is 5.75 Å². The molecule has 26 heavy (non-hydrogen) atoms. The van der Waals surface area contributed by atoms with Crippen LogP contribution in [0.4, 0.5) is 0 Å². The van der Waals surface area contributed by atoms with Crippen LogP contribution in [0.15, 0.2) is 45.8 Å². The molecule has 2 heterocycles. The first kappa shape index (κ1) is 17.5. The van der Waals surface area contributed by atoms with Crippen molar-refractivity contribution in [2.75, 3.05) is 7.05 Å². The fraction of sp³-hybridized carbons (Fsp3) is 0.211. The molecule has 0 unspecified atom stereocenters. The number of furan rings is 1. The van der Waals surface area contributed by atoms with Crippen molar-refractivity contribution in [2.45, 2.75) is 20.4 Å². The fourth-order valence-corrected chi connectivity index (χ4v) is 2.57. The van der Waals surface area contributed by atoms with Crippen molar-refractivity contribution < 1.29 is 14.3 Å². The normalized spacial score (nSPS) is 10.7. The summed E-state index contributed by atoms with van der Waals surface area (Å²) >= 11 is 0. The molecule has 2 N–H and O–H groups in total. The minimum Gasteiger partial charge on any atom is -0.501 e. The second-order valence-corrected chi connectivity index (χ2v) is 6.17. The fourth-order valence-electron chi connectivity index (χ4n) is 2.57. The van der Waals surface area contributed by atoms with E-state index in [1.807, 2.05) is 32.0 Å². The highest BCUT2D eigenvalue weighted by Gasteiger charge is 2.22. The topological polar surface area (TPSA) is 99.4 Å². The summed E-state index contributed by atoms with van der Waals surface area (Å²) in [6.07, 6.45) is 1.43. The lowest BCUT2D eigenvalue weighted by molar-refractivity contribution is 0.0775. The molecule has 7 nitrogen and oxygen atoms in total. The molecule has 0 aliphatic carbocycles. The van der Waals surface area contributed by atoms with Gasteiger partial charge in [-0.3, -0.25) is 9.59 Å². The second kappa shape index (κ2) is 6.87. The monoisotopic (exact) mass is 353 g/mol. The molecule has 0 atom stereocenters. The molecular formula is C19H19N3O4. The Bertz CT molecular complexity index is 1010. The predicted octanol–water partition coefficient (Wildman–Crippen LogP) is 2.62. The van der Waals surface area contributed by atoms with E-state index in [2.05, 4.69) is 9.97 Å². The number of benzene rings is 1. The van der Waals surface area contributed by atoms with E-state index in [1.54, 1.807) is 19.2 Å². The van der Waals surface area contributed by atoms with Gasteiger partial charge in [0.2, 0.25) is 5.75 Å². The van der Waals surface area contributed by atoms with Gasteiger partial charge < -0.3 is 19.4 Å². The Balaban J connectivity index is 1.91. The molecule has 134 valence electrons. The van der Waals surface area contributed by atoms with Gasteiger partial charge in [0.05, 0.1) is 6.26 Å². The van der Waals surface area contributed by atoms with Crippen LogP contribution in [-0.2, 0) is 6.54 Å². The molecule has 0 spiro atoms. The molecular weight excluding hydrogens is 334 g/mol. The Hall–Kier alpha value is -3.35. The van der Waals surface area contributed by atoms with Crippen molar-refractivity contribution in [1.82, 2.24) is 14.9 Å². The molecule has 0 aliphatic heterocycles. The van der Waals surface area contributed by atoms with Gasteiger partial charge >= 0.3 is 0 Å². The SMILES string of the molecule is Cc1ccc(CN(C)C(=O)c2nc(-c3ccco3)[nH]c(=O)c2O)cc1C. The summed E-state index contributed by atoms with van der Waals surface area (Å²) in [5.74, 6) is -0.884. The van der Waals surface area contributed by atoms with Crippen LogP contribution in [0.3, 0.4) is 0 Å². The van der Waals surface area contributed by atoms with Gasteiger partial charge in [0.25, 0.3) is 11.5 Å². The number of nitrogens with one attached hydrogen (secondary N) is 1. The number of nitrogens with zero attached hydrogens (tertiary/aromatic N) is 2. The molecule has 0 radical (unpaired) electrons. The number of amides is 1. The zero-order valence-electron chi connectivity index (χ0n) is 14.7. The minimum atomic E-state index is -0.797. The highest BCUT2D eigenvalue weighted by molar-refractivity contribution is 5.94. The van der Waals surface area contributed by atoms with E-state index in [0.717, 1.165) is 11.1 Å². The van der Waals surface area contributed by atoms with E-state index >= 15 is 0 Å². The summed E-state index contributed by atoms with van der Waals surface area (Å²) in [6, 6.07) is 9.16. The predicted molar refractivity (Wildman–Crippen MR) is 95.9 cm³/mol. The lowest BCUT2D eigenvalue weighted by atomic mass is 10.1. The number of rotatable bonds is 4. The third-order valence-corrected chi connectivity index (χ3v) is 4.19. The van der Waals surface area contributed by atoms with Gasteiger partial charge in [-0.05, 0) is 42.7 Å². The molecule has 0 bridgehead atoms. The van der Waals surface area contributed by atoms with Crippen LogP contribution in [0.25, 0.3) is 11.6 Å². The molecule has 0 fully saturated rings. The van der Waals surface area contributed by atoms with Crippen LogP contribution in [0.1, 0.15) is 27.2 Å². The summed E-state index contributed by atoms with van der Waals surface area (Å²) in [5, 5.41) is 10.0. The number of aromatic amines is 1. The first-order chi connectivity index (χ1) is 12.4. The number of hydrogen-bond donors (Lipinski definition) is 2. The van der Waals surface area contributed by atoms with E-state index in [-0.39, 0.29) is 11.5 Å². The third-order valence-electron chi connectivity index (χ3n) is 4.19. The van der Waals surface area contributed by atoms with Gasteiger partial charge in [-0.25, -0.2) is 4.98 Å². The number of hydrogen-bond acceptors (Lipinski definition) is 5. The average molecular weight is 353 g/mol. The van der Waals surface area contributed by atoms with Gasteiger partial charge in [0.1, 0.15) is 0 Å². The van der Waals surface area contributed by atoms with Crippen molar-refractivity contribution in [2.24, 2.45) is 0 Å². The number of H-pyrrole nitrogens is 1. The van der Waals surface area contributed by atoms with Gasteiger partial charge in [-0.1, -0.05) is 18.2 Å². The highest BCUT2D eigenvalue weighted by atomic mass is 16.3. The van der Waals surface area contributed by atoms with E-state index in [4.69, 9.17) is 4.42 Å². The van der Waals surface area contributed by atoms with Crippen LogP contribution < -0.4 is 5.56 Å². The van der Waals surface area contributed by atoms with E-state index in [9.17, 15) is 14.7 Å². The summed E-state index contributed by atoms with van der Waals surface area (Å²) in [4.78, 5) is 32.6. The Morgan fingerprint density at radius 1 is 1.27 bits per heavy atom. The Morgan fingerprint density at radius 2 is 2.04 bits per heavy atom. The minimum absolute atomic E-state index is 0.0840. The van der Waals surface area contributed by atoms with Gasteiger partial charge in [0.15, 0.2) is 17.3 Å². The molecule has 3 aromatic rings. The molecule has 2 aromatic heterocycles. The van der Waals surface area contributed by atoms with Crippen LogP contribution in [0.2, 0.25) is 0 Å². The molecule has 0 saturated heterocycles. The lowest BCUT2D eigenvalue weighted by Gasteiger charge is -2.18. The molecule has 0 saturated carbocycles. The maximum Gasteiger partial charge on any atom is 0.294 e. The third kappa shape index (κ3) is 3.37. The zero-order valence-corrected chi connectivity index (χ0v) is 14.7. The maximum absolute atomic E-state index is 12.7. The standard InChI is InChI=1S/C19H19N3O4/c1-11-6-7-13(9-12(11)2)10-22(3)19(25)15-16(23)18(24)21-17(20-15)14-5-4-8-26-14/h4-9,23H,10H2,1-3H3,(H,20,21,24). The summed E-state index contributed by atoms with van der Waals surface area (Å²) in [6.45, 7) is 4.34. The first-order valence-electron chi connectivity index (χ1n) is 8.05. The van der Waals surface area contributed by atoms with Gasteiger partial charge in [0, 0.05) is 13.6 Å². The number of aryl methyl sites for hydroxylation is 2. The number of aromatic nitrogens is 2. The summed E-state index contributed by atoms with van der Waals surface area (Å²) < 4.78 is 5.19. The molecule has 3 rings (SSSR count). The smallest absolute Gasteiger partial charge is 0.294 e. The quantitative estimate of drug-likeness (QED) is 0.751. The number of aromatic hydroxyl groups is 1. The average Bonchev–Trinajstić information content (AvgIpc) is 3.14. The molecule has 7 heteroatoms. The van der Waals surface area contributed by atoms with E-state index < -0.39 is 17.2 Å². The van der Waals surface area contributed by atoms with Gasteiger partial charge in [-0.15, -0.1) is 0 Å². The lowest BCUT2D eigenvalue weighted by Crippen LogP contribution is -2.29. The van der Waals surface area contributed by atoms with E-state index in [0.29, 0.717) is 12.3 Å². The zero-order chi connectivity index (χ0) is 18.8. The maximum atomic E-state index is 12.7. The number of carbonyl (C=O) groups excluding carboxylic acids is 1. The Kier molecular flexibility index (Phi) is 4.62. The van der Waals surface area contributed by atoms with E-state index in [1.165, 1.54) is 16.7 Å². The van der Waals surface area contributed by atoms with Crippen molar-refractivity contribution in [3.8, 4) is 17.3 Å². The second-order valence-electron chi connectivity index (χ2n) is 6.17. The van der Waals surface area contributed by atoms with Crippen molar-refractivity contribution in [3.05, 3.63) is 69.3 Å². The number of carbonyl (C=O) groups is 1. The van der Waals surface area contributed by atoms with Gasteiger partial charge in [-0.2, -0.15) is 0 Å². The largest absolute Gasteiger partial charge is 0.501 e. The van der Waals surface area contributed by atoms with Crippen molar-refractivity contribution in [3.63, 3.8) is 0 Å². The van der Waals surface area contributed by atoms with Crippen LogP contribution in [-0.4, -0.2) is 32.9 Å². The molecule has 1 aromatic carbocycles. The first-order valence-corrected chi connectivity index (χ1v) is 8.05. The van der Waals surface area contributed by atoms with Crippen LogP contribution in [0, 0.1) is 13.8 Å². The Morgan fingerprint density at radius 3 is 2.69 bits per heavy atom. The summed E-state index contributed by atoms with van der Waals surface area (Å²) in [7, 11) is 1.59. The van der Waals surface area contributed by atoms with Crippen molar-refractivity contribution in [1.29, 1.82) is 0 Å². The van der Waals surface area contributed by atoms with Crippen molar-refractivity contribution >= 4 is 5.91 Å². The highest BCUT2D eigenvalue weighted by Crippen LogP contribution is 2.19.